The van der Waals surface area contributed by atoms with Crippen LogP contribution < -0.4 is 5.32 Å². The van der Waals surface area contributed by atoms with Gasteiger partial charge in [0.15, 0.2) is 10.6 Å². The monoisotopic (exact) mass is 589 g/mol. The van der Waals surface area contributed by atoms with Crippen LogP contribution in [-0.4, -0.2) is 54.9 Å². The number of benzene rings is 1. The molecule has 13 heteroatoms. The topological polar surface area (TPSA) is 103 Å². The van der Waals surface area contributed by atoms with Crippen molar-refractivity contribution in [2.75, 3.05) is 18.4 Å². The highest BCUT2D eigenvalue weighted by molar-refractivity contribution is 7.18. The highest BCUT2D eigenvalue weighted by atomic mass is 32.1. The molecule has 0 unspecified atom stereocenters. The number of fused-ring (bicyclic) bond motifs is 2. The molecule has 1 aliphatic heterocycles. The zero-order valence-corrected chi connectivity index (χ0v) is 23.5. The number of hydrogen-bond acceptors (Lipinski definition) is 7. The summed E-state index contributed by atoms with van der Waals surface area (Å²) in [6.07, 6.45) is -0.122. The number of H-pyrrole nitrogens is 1. The van der Waals surface area contributed by atoms with E-state index in [0.717, 1.165) is 65.8 Å². The van der Waals surface area contributed by atoms with Gasteiger partial charge in [0.1, 0.15) is 11.8 Å². The molecule has 5 heterocycles. The second-order valence-corrected chi connectivity index (χ2v) is 11.6. The Balaban J connectivity index is 1.14. The summed E-state index contributed by atoms with van der Waals surface area (Å²) >= 11 is 0.952. The lowest BCUT2D eigenvalue weighted by molar-refractivity contribution is -0.126. The minimum atomic E-state index is -4.32. The summed E-state index contributed by atoms with van der Waals surface area (Å²) in [5.41, 5.74) is 4.97. The highest BCUT2D eigenvalue weighted by Gasteiger charge is 2.30. The fourth-order valence-electron chi connectivity index (χ4n) is 5.58. The number of hydrogen-bond donors (Lipinski definition) is 2. The predicted molar refractivity (Wildman–Crippen MR) is 154 cm³/mol. The molecule has 0 bridgehead atoms. The zero-order valence-electron chi connectivity index (χ0n) is 22.7. The van der Waals surface area contributed by atoms with Crippen LogP contribution in [0.4, 0.5) is 24.9 Å². The smallest absolute Gasteiger partial charge is 0.393 e. The number of anilines is 1. The molecule has 1 aromatic carbocycles. The number of nitriles is 1. The maximum absolute atomic E-state index is 13.0. The molecule has 4 aromatic heterocycles. The van der Waals surface area contributed by atoms with E-state index in [4.69, 9.17) is 6.57 Å². The quantitative estimate of drug-likeness (QED) is 0.215. The molecule has 214 valence electrons. The Labute approximate surface area is 243 Å². The van der Waals surface area contributed by atoms with Crippen molar-refractivity contribution in [3.8, 4) is 6.07 Å². The Bertz CT molecular complexity index is 1830. The van der Waals surface area contributed by atoms with Crippen molar-refractivity contribution in [1.82, 2.24) is 29.6 Å². The molecule has 1 aliphatic rings. The van der Waals surface area contributed by atoms with E-state index in [2.05, 4.69) is 60.4 Å². The summed E-state index contributed by atoms with van der Waals surface area (Å²) in [5, 5.41) is 21.6. The lowest BCUT2D eigenvalue weighted by Crippen LogP contribution is -2.39. The largest absolute Gasteiger partial charge is 0.394 e. The Morgan fingerprint density at radius 1 is 1.19 bits per heavy atom. The van der Waals surface area contributed by atoms with Gasteiger partial charge in [-0.2, -0.15) is 23.5 Å². The lowest BCUT2D eigenvalue weighted by Gasteiger charge is -2.32. The van der Waals surface area contributed by atoms with Gasteiger partial charge in [-0.05, 0) is 49.1 Å². The molecule has 1 saturated heterocycles. The number of nitrogens with zero attached hydrogens (tertiary/aromatic N) is 7. The van der Waals surface area contributed by atoms with Gasteiger partial charge in [0.2, 0.25) is 0 Å². The predicted octanol–water partition coefficient (Wildman–Crippen LogP) is 6.33. The molecule has 1 fully saturated rings. The number of nitrogens with one attached hydrogen (secondary N) is 2. The maximum Gasteiger partial charge on any atom is 0.393 e. The Morgan fingerprint density at radius 3 is 2.69 bits per heavy atom. The van der Waals surface area contributed by atoms with Crippen LogP contribution in [0, 0.1) is 24.8 Å². The molecule has 42 heavy (non-hydrogen) atoms. The molecule has 0 atom stereocenters. The molecule has 0 aliphatic carbocycles. The van der Waals surface area contributed by atoms with Gasteiger partial charge in [0, 0.05) is 53.2 Å². The number of aryl methyl sites for hydroxylation is 1. The van der Waals surface area contributed by atoms with Crippen molar-refractivity contribution in [2.24, 2.45) is 0 Å². The average Bonchev–Trinajstić information content (AvgIpc) is 3.70. The van der Waals surface area contributed by atoms with Crippen molar-refractivity contribution < 1.29 is 13.2 Å². The molecule has 2 N–H and O–H groups in total. The third-order valence-electron chi connectivity index (χ3n) is 7.71. The lowest BCUT2D eigenvalue weighted by atomic mass is 10.0. The van der Waals surface area contributed by atoms with Crippen molar-refractivity contribution >= 4 is 44.2 Å². The van der Waals surface area contributed by atoms with Crippen LogP contribution >= 0.6 is 11.3 Å². The van der Waals surface area contributed by atoms with Gasteiger partial charge in [-0.3, -0.25) is 10.00 Å². The van der Waals surface area contributed by atoms with Gasteiger partial charge >= 0.3 is 12.1 Å². The molecule has 6 rings (SSSR count). The van der Waals surface area contributed by atoms with Crippen LogP contribution in [0.15, 0.2) is 36.7 Å². The first-order valence-corrected chi connectivity index (χ1v) is 14.3. The third-order valence-corrected chi connectivity index (χ3v) is 8.73. The van der Waals surface area contributed by atoms with Crippen molar-refractivity contribution in [3.05, 3.63) is 75.3 Å². The van der Waals surface area contributed by atoms with Crippen molar-refractivity contribution in [2.45, 2.75) is 51.5 Å². The number of alkyl halides is 3. The minimum Gasteiger partial charge on any atom is -0.394 e. The third kappa shape index (κ3) is 5.66. The summed E-state index contributed by atoms with van der Waals surface area (Å²) < 4.78 is 40.9. The van der Waals surface area contributed by atoms with E-state index in [1.165, 1.54) is 11.6 Å². The van der Waals surface area contributed by atoms with E-state index >= 15 is 0 Å². The van der Waals surface area contributed by atoms with E-state index in [0.29, 0.717) is 28.3 Å². The summed E-state index contributed by atoms with van der Waals surface area (Å²) in [7, 11) is 0. The van der Waals surface area contributed by atoms with Gasteiger partial charge < -0.3 is 14.7 Å². The summed E-state index contributed by atoms with van der Waals surface area (Å²) in [4.78, 5) is 14.7. The first-order valence-electron chi connectivity index (χ1n) is 13.4. The number of aromatic amines is 1. The van der Waals surface area contributed by atoms with Gasteiger partial charge in [0.05, 0.1) is 24.5 Å². The van der Waals surface area contributed by atoms with Gasteiger partial charge in [-0.15, -0.1) is 27.9 Å². The van der Waals surface area contributed by atoms with E-state index in [1.54, 1.807) is 6.20 Å². The SMILES string of the molecule is [C-]#[N+]c1nc(NC2CCN(Cc3ccc4c(cc(C#N)n4Cc4cn[nH]c4)c3C)CC2)c2cc(CC(F)(F)F)sc2n1. The number of thiophene rings is 1. The average molecular weight is 590 g/mol. The summed E-state index contributed by atoms with van der Waals surface area (Å²) in [5.74, 6) is 0.343. The number of halogens is 3. The Morgan fingerprint density at radius 2 is 2.00 bits per heavy atom. The molecule has 9 nitrogen and oxygen atoms in total. The van der Waals surface area contributed by atoms with E-state index < -0.39 is 12.6 Å². The van der Waals surface area contributed by atoms with Gasteiger partial charge in [-0.25, -0.2) is 0 Å². The molecule has 0 amide bonds. The number of aromatic nitrogens is 5. The number of rotatable bonds is 7. The number of likely N-dealkylation sites (tertiary alicyclic amines) is 1. The van der Waals surface area contributed by atoms with Crippen LogP contribution in [0.5, 0.6) is 0 Å². The first-order chi connectivity index (χ1) is 20.2. The van der Waals surface area contributed by atoms with Crippen molar-refractivity contribution in [3.63, 3.8) is 0 Å². The fourth-order valence-corrected chi connectivity index (χ4v) is 6.63. The minimum absolute atomic E-state index is 0.0719. The van der Waals surface area contributed by atoms with E-state index in [9.17, 15) is 18.4 Å². The van der Waals surface area contributed by atoms with Crippen LogP contribution in [0.1, 0.15) is 40.1 Å². The Kier molecular flexibility index (Phi) is 7.31. The standard InChI is InChI=1S/C29H26F3N9S/c1-17-19(3-4-25-23(17)9-21(12-33)41(25)15-18-13-35-36-14-18)16-40-7-5-20(6-8-40)37-26-24-10-22(11-29(30,31)32)42-27(24)39-28(34-2)38-26/h3-4,9-10,13-14,20H,5-8,11,15-16H2,1H3,(H,35,36)(H,37,38,39). The Hall–Kier alpha value is -4.46. The fraction of sp³-hybridized carbons (Fsp3) is 0.345. The highest BCUT2D eigenvalue weighted by Crippen LogP contribution is 2.35. The second-order valence-electron chi connectivity index (χ2n) is 10.5. The zero-order chi connectivity index (χ0) is 29.4. The molecular formula is C29H26F3N9S. The van der Waals surface area contributed by atoms with Crippen LogP contribution in [0.2, 0.25) is 0 Å². The molecular weight excluding hydrogens is 563 g/mol. The molecule has 5 aromatic rings. The van der Waals surface area contributed by atoms with Crippen LogP contribution in [0.25, 0.3) is 26.0 Å². The van der Waals surface area contributed by atoms with Crippen LogP contribution in [-0.2, 0) is 19.5 Å². The number of piperidine rings is 1. The summed E-state index contributed by atoms with van der Waals surface area (Å²) in [6.45, 7) is 12.4. The van der Waals surface area contributed by atoms with E-state index in [-0.39, 0.29) is 16.9 Å². The molecule has 0 radical (unpaired) electrons. The normalized spacial score (nSPS) is 14.8. The summed E-state index contributed by atoms with van der Waals surface area (Å²) in [6, 6.07) is 10.0. The maximum atomic E-state index is 13.0. The van der Waals surface area contributed by atoms with Gasteiger partial charge in [-0.1, -0.05) is 6.07 Å². The molecule has 0 saturated carbocycles. The first kappa shape index (κ1) is 27.7. The second kappa shape index (κ2) is 11.1. The molecule has 0 spiro atoms. The van der Waals surface area contributed by atoms with E-state index in [1.807, 2.05) is 16.8 Å². The van der Waals surface area contributed by atoms with Crippen molar-refractivity contribution in [1.29, 1.82) is 5.26 Å². The van der Waals surface area contributed by atoms with Crippen LogP contribution in [0.3, 0.4) is 0 Å². The van der Waals surface area contributed by atoms with Gasteiger partial charge in [0.25, 0.3) is 0 Å².